The van der Waals surface area contributed by atoms with E-state index in [2.05, 4.69) is 85.0 Å². The first-order valence-corrected chi connectivity index (χ1v) is 7.50. The predicted octanol–water partition coefficient (Wildman–Crippen LogP) is 4.90. The Kier molecular flexibility index (Phi) is 4.03. The number of rotatable bonds is 4. The van der Waals surface area contributed by atoms with Crippen molar-refractivity contribution in [3.63, 3.8) is 0 Å². The maximum atomic E-state index is 3.48. The molecule has 0 aromatic heterocycles. The van der Waals surface area contributed by atoms with Crippen LogP contribution in [0.15, 0.2) is 72.8 Å². The fourth-order valence-electron chi connectivity index (χ4n) is 3.06. The van der Waals surface area contributed by atoms with E-state index < -0.39 is 0 Å². The van der Waals surface area contributed by atoms with Crippen LogP contribution in [0.4, 0.5) is 0 Å². The van der Waals surface area contributed by atoms with Crippen LogP contribution in [-0.2, 0) is 0 Å². The zero-order valence-electron chi connectivity index (χ0n) is 12.6. The third kappa shape index (κ3) is 2.84. The fraction of sp³-hybridized carbons (Fsp3) is 0.200. The Balaban J connectivity index is 1.98. The average molecular weight is 275 g/mol. The zero-order valence-corrected chi connectivity index (χ0v) is 12.6. The molecule has 0 saturated carbocycles. The molecule has 0 amide bonds. The fourth-order valence-corrected chi connectivity index (χ4v) is 3.06. The Morgan fingerprint density at radius 2 is 1.38 bits per heavy atom. The third-order valence-electron chi connectivity index (χ3n) is 4.27. The number of nitrogens with one attached hydrogen (secondary N) is 1. The first-order valence-electron chi connectivity index (χ1n) is 7.50. The lowest BCUT2D eigenvalue weighted by atomic mass is 9.88. The van der Waals surface area contributed by atoms with E-state index in [0.29, 0.717) is 12.0 Å². The second kappa shape index (κ2) is 6.11. The van der Waals surface area contributed by atoms with Gasteiger partial charge in [-0.3, -0.25) is 0 Å². The summed E-state index contributed by atoms with van der Waals surface area (Å²) in [6.45, 7) is 2.28. The third-order valence-corrected chi connectivity index (χ3v) is 4.27. The van der Waals surface area contributed by atoms with Crippen molar-refractivity contribution in [1.82, 2.24) is 5.32 Å². The van der Waals surface area contributed by atoms with Gasteiger partial charge in [0.1, 0.15) is 0 Å². The predicted molar refractivity (Wildman–Crippen MR) is 90.6 cm³/mol. The van der Waals surface area contributed by atoms with E-state index >= 15 is 0 Å². The molecule has 0 spiro atoms. The highest BCUT2D eigenvalue weighted by atomic mass is 14.9. The Morgan fingerprint density at radius 1 is 0.714 bits per heavy atom. The van der Waals surface area contributed by atoms with Gasteiger partial charge in [-0.25, -0.2) is 0 Å². The van der Waals surface area contributed by atoms with Crippen molar-refractivity contribution in [2.45, 2.75) is 18.9 Å². The van der Waals surface area contributed by atoms with Crippen molar-refractivity contribution in [1.29, 1.82) is 0 Å². The minimum absolute atomic E-state index is 0.317. The molecule has 3 aromatic carbocycles. The summed E-state index contributed by atoms with van der Waals surface area (Å²) < 4.78 is 0. The second-order valence-electron chi connectivity index (χ2n) is 5.57. The molecule has 0 bridgehead atoms. The molecular weight excluding hydrogens is 254 g/mol. The van der Waals surface area contributed by atoms with Crippen LogP contribution in [0.5, 0.6) is 0 Å². The molecule has 0 aliphatic rings. The van der Waals surface area contributed by atoms with Crippen molar-refractivity contribution >= 4 is 10.8 Å². The molecule has 2 atom stereocenters. The molecule has 0 aliphatic heterocycles. The Hall–Kier alpha value is -2.12. The molecule has 0 heterocycles. The Labute approximate surface area is 126 Å². The normalized spacial score (nSPS) is 14.0. The lowest BCUT2D eigenvalue weighted by Crippen LogP contribution is -2.22. The van der Waals surface area contributed by atoms with E-state index in [0.717, 1.165) is 0 Å². The molecule has 0 fully saturated rings. The van der Waals surface area contributed by atoms with Gasteiger partial charge < -0.3 is 5.32 Å². The summed E-state index contributed by atoms with van der Waals surface area (Å²) >= 11 is 0. The van der Waals surface area contributed by atoms with Crippen molar-refractivity contribution in [2.24, 2.45) is 0 Å². The highest BCUT2D eigenvalue weighted by molar-refractivity contribution is 5.83. The highest BCUT2D eigenvalue weighted by Gasteiger charge is 2.19. The summed E-state index contributed by atoms with van der Waals surface area (Å²) in [5, 5.41) is 6.08. The van der Waals surface area contributed by atoms with E-state index in [1.807, 2.05) is 7.05 Å². The van der Waals surface area contributed by atoms with Crippen LogP contribution < -0.4 is 5.32 Å². The molecule has 3 aromatic rings. The van der Waals surface area contributed by atoms with Crippen molar-refractivity contribution in [2.75, 3.05) is 7.05 Å². The largest absolute Gasteiger partial charge is 0.312 e. The first-order chi connectivity index (χ1) is 10.3. The van der Waals surface area contributed by atoms with Gasteiger partial charge in [-0.15, -0.1) is 0 Å². The number of hydrogen-bond acceptors (Lipinski definition) is 1. The minimum Gasteiger partial charge on any atom is -0.312 e. The summed E-state index contributed by atoms with van der Waals surface area (Å²) in [4.78, 5) is 0. The summed E-state index contributed by atoms with van der Waals surface area (Å²) in [6.07, 6.45) is 0. The van der Waals surface area contributed by atoms with E-state index in [9.17, 15) is 0 Å². The van der Waals surface area contributed by atoms with Gasteiger partial charge in [0.2, 0.25) is 0 Å². The SMILES string of the molecule is CNC(c1ccc2ccccc2c1)C(C)c1ccccc1. The topological polar surface area (TPSA) is 12.0 Å². The standard InChI is InChI=1S/C20H21N/c1-15(16-8-4-3-5-9-16)20(21-2)19-13-12-17-10-6-7-11-18(17)14-19/h3-15,20-21H,1-2H3. The van der Waals surface area contributed by atoms with Gasteiger partial charge in [0, 0.05) is 12.0 Å². The van der Waals surface area contributed by atoms with Gasteiger partial charge in [0.25, 0.3) is 0 Å². The molecule has 2 unspecified atom stereocenters. The van der Waals surface area contributed by atoms with Crippen LogP contribution in [0.1, 0.15) is 30.0 Å². The summed E-state index contributed by atoms with van der Waals surface area (Å²) in [6, 6.07) is 26.3. The maximum absolute atomic E-state index is 3.48. The molecule has 21 heavy (non-hydrogen) atoms. The van der Waals surface area contributed by atoms with Gasteiger partial charge in [0.15, 0.2) is 0 Å². The van der Waals surface area contributed by atoms with Gasteiger partial charge >= 0.3 is 0 Å². The molecular formula is C20H21N. The van der Waals surface area contributed by atoms with Gasteiger partial charge in [0.05, 0.1) is 0 Å². The monoisotopic (exact) mass is 275 g/mol. The smallest absolute Gasteiger partial charge is 0.0384 e. The van der Waals surface area contributed by atoms with Crippen molar-refractivity contribution in [3.8, 4) is 0 Å². The molecule has 1 N–H and O–H groups in total. The number of likely N-dealkylation sites (N-methyl/N-ethyl adjacent to an activating group) is 1. The van der Waals surface area contributed by atoms with E-state index in [1.54, 1.807) is 0 Å². The molecule has 1 heteroatoms. The number of hydrogen-bond donors (Lipinski definition) is 1. The molecule has 0 saturated heterocycles. The molecule has 0 aliphatic carbocycles. The summed E-state index contributed by atoms with van der Waals surface area (Å²) in [5.74, 6) is 0.428. The van der Waals surface area contributed by atoms with Crippen LogP contribution in [0.3, 0.4) is 0 Å². The van der Waals surface area contributed by atoms with Crippen LogP contribution in [0, 0.1) is 0 Å². The highest BCUT2D eigenvalue weighted by Crippen LogP contribution is 2.31. The molecule has 0 radical (unpaired) electrons. The maximum Gasteiger partial charge on any atom is 0.0384 e. The summed E-state index contributed by atoms with van der Waals surface area (Å²) in [5.41, 5.74) is 2.71. The van der Waals surface area contributed by atoms with Crippen LogP contribution in [0.25, 0.3) is 10.8 Å². The second-order valence-corrected chi connectivity index (χ2v) is 5.57. The summed E-state index contributed by atoms with van der Waals surface area (Å²) in [7, 11) is 2.04. The first kappa shape index (κ1) is 13.8. The lowest BCUT2D eigenvalue weighted by molar-refractivity contribution is 0.508. The van der Waals surface area contributed by atoms with Crippen LogP contribution >= 0.6 is 0 Å². The van der Waals surface area contributed by atoms with Crippen LogP contribution in [-0.4, -0.2) is 7.05 Å². The quantitative estimate of drug-likeness (QED) is 0.714. The Bertz CT molecular complexity index is 718. The van der Waals surface area contributed by atoms with Gasteiger partial charge in [-0.05, 0) is 35.0 Å². The van der Waals surface area contributed by atoms with E-state index in [-0.39, 0.29) is 0 Å². The van der Waals surface area contributed by atoms with Crippen molar-refractivity contribution in [3.05, 3.63) is 83.9 Å². The minimum atomic E-state index is 0.317. The van der Waals surface area contributed by atoms with E-state index in [1.165, 1.54) is 21.9 Å². The van der Waals surface area contributed by atoms with E-state index in [4.69, 9.17) is 0 Å². The van der Waals surface area contributed by atoms with Crippen LogP contribution in [0.2, 0.25) is 0 Å². The number of fused-ring (bicyclic) bond motifs is 1. The number of benzene rings is 3. The molecule has 106 valence electrons. The van der Waals surface area contributed by atoms with Gasteiger partial charge in [-0.1, -0.05) is 73.7 Å². The zero-order chi connectivity index (χ0) is 14.7. The lowest BCUT2D eigenvalue weighted by Gasteiger charge is -2.25. The van der Waals surface area contributed by atoms with Crippen molar-refractivity contribution < 1.29 is 0 Å². The van der Waals surface area contributed by atoms with Gasteiger partial charge in [-0.2, -0.15) is 0 Å². The average Bonchev–Trinajstić information content (AvgIpc) is 2.56. The molecule has 3 rings (SSSR count). The Morgan fingerprint density at radius 3 is 2.10 bits per heavy atom. The molecule has 1 nitrogen and oxygen atoms in total.